The molecule has 3 N–H and O–H groups in total. The van der Waals surface area contributed by atoms with Crippen molar-refractivity contribution in [3.05, 3.63) is 0 Å². The second-order valence-corrected chi connectivity index (χ2v) is 7.03. The van der Waals surface area contributed by atoms with Crippen LogP contribution in [0.25, 0.3) is 0 Å². The molecule has 2 rings (SSSR count). The second kappa shape index (κ2) is 5.48. The fraction of sp³-hybridized carbons (Fsp3) is 1.00. The van der Waals surface area contributed by atoms with Crippen molar-refractivity contribution in [1.29, 1.82) is 0 Å². The Morgan fingerprint density at radius 3 is 2.72 bits per heavy atom. The first-order valence-corrected chi connectivity index (χ1v) is 7.60. The van der Waals surface area contributed by atoms with Gasteiger partial charge in [0.05, 0.1) is 6.61 Å². The highest BCUT2D eigenvalue weighted by molar-refractivity contribution is 4.96. The van der Waals surface area contributed by atoms with Crippen molar-refractivity contribution in [2.45, 2.75) is 70.5 Å². The summed E-state index contributed by atoms with van der Waals surface area (Å²) in [5.41, 5.74) is 5.97. The van der Waals surface area contributed by atoms with Crippen molar-refractivity contribution < 1.29 is 5.11 Å². The number of hydrogen-bond donors (Lipinski definition) is 2. The van der Waals surface area contributed by atoms with Gasteiger partial charge in [0.25, 0.3) is 0 Å². The van der Waals surface area contributed by atoms with Gasteiger partial charge in [0, 0.05) is 24.2 Å². The summed E-state index contributed by atoms with van der Waals surface area (Å²) < 4.78 is 0. The normalized spacial score (nSPS) is 47.2. The largest absolute Gasteiger partial charge is 0.394 e. The van der Waals surface area contributed by atoms with Crippen molar-refractivity contribution in [3.63, 3.8) is 0 Å². The van der Waals surface area contributed by atoms with Crippen molar-refractivity contribution >= 4 is 0 Å². The maximum Gasteiger partial charge on any atom is 0.0611 e. The standard InChI is InChI=1S/C15H30N2O/c1-11-7-12(2)13(3)17(9-11)14-5-4-6-15(16,8-14)10-18/h11-14,18H,4-10,16H2,1-3H3. The molecular formula is C15H30N2O. The Hall–Kier alpha value is -0.120. The Bertz CT molecular complexity index is 284. The molecule has 2 aliphatic rings. The van der Waals surface area contributed by atoms with Crippen LogP contribution in [0.2, 0.25) is 0 Å². The maximum atomic E-state index is 9.49. The van der Waals surface area contributed by atoms with E-state index < -0.39 is 0 Å². The minimum atomic E-state index is -0.327. The average molecular weight is 254 g/mol. The summed E-state index contributed by atoms with van der Waals surface area (Å²) in [6.45, 7) is 8.44. The lowest BCUT2D eigenvalue weighted by Crippen LogP contribution is -2.57. The molecule has 0 bridgehead atoms. The van der Waals surface area contributed by atoms with Crippen LogP contribution < -0.4 is 5.73 Å². The molecule has 3 heteroatoms. The van der Waals surface area contributed by atoms with Gasteiger partial charge in [-0.2, -0.15) is 0 Å². The van der Waals surface area contributed by atoms with Crippen LogP contribution in [0, 0.1) is 11.8 Å². The SMILES string of the molecule is CC1CC(C)C(C)N(C2CCCC(N)(CO)C2)C1. The molecule has 0 aromatic carbocycles. The third-order valence-electron chi connectivity index (χ3n) is 5.28. The van der Waals surface area contributed by atoms with Gasteiger partial charge >= 0.3 is 0 Å². The van der Waals surface area contributed by atoms with Gasteiger partial charge in [-0.3, -0.25) is 4.90 Å². The Balaban J connectivity index is 2.05. The van der Waals surface area contributed by atoms with E-state index in [9.17, 15) is 5.11 Å². The number of nitrogens with two attached hydrogens (primary N) is 1. The zero-order chi connectivity index (χ0) is 13.3. The average Bonchev–Trinajstić information content (AvgIpc) is 2.34. The molecule has 5 unspecified atom stereocenters. The van der Waals surface area contributed by atoms with Gasteiger partial charge in [-0.1, -0.05) is 13.8 Å². The van der Waals surface area contributed by atoms with Crippen molar-refractivity contribution in [2.75, 3.05) is 13.2 Å². The van der Waals surface area contributed by atoms with Gasteiger partial charge < -0.3 is 10.8 Å². The van der Waals surface area contributed by atoms with Gasteiger partial charge in [0.1, 0.15) is 0 Å². The molecule has 106 valence electrons. The number of nitrogens with zero attached hydrogens (tertiary/aromatic N) is 1. The van der Waals surface area contributed by atoms with Crippen LogP contribution in [0.3, 0.4) is 0 Å². The molecule has 3 nitrogen and oxygen atoms in total. The lowest BCUT2D eigenvalue weighted by atomic mass is 9.77. The highest BCUT2D eigenvalue weighted by Crippen LogP contribution is 2.35. The zero-order valence-corrected chi connectivity index (χ0v) is 12.2. The molecule has 1 aliphatic carbocycles. The van der Waals surface area contributed by atoms with Gasteiger partial charge in [-0.05, 0) is 50.9 Å². The first-order chi connectivity index (χ1) is 8.45. The van der Waals surface area contributed by atoms with E-state index in [1.54, 1.807) is 0 Å². The Morgan fingerprint density at radius 2 is 2.06 bits per heavy atom. The van der Waals surface area contributed by atoms with E-state index in [0.29, 0.717) is 12.1 Å². The predicted octanol–water partition coefficient (Wildman–Crippen LogP) is 1.99. The molecule has 18 heavy (non-hydrogen) atoms. The lowest BCUT2D eigenvalue weighted by molar-refractivity contribution is 0.00362. The Morgan fingerprint density at radius 1 is 1.33 bits per heavy atom. The lowest BCUT2D eigenvalue weighted by Gasteiger charge is -2.49. The van der Waals surface area contributed by atoms with Gasteiger partial charge in [-0.15, -0.1) is 0 Å². The summed E-state index contributed by atoms with van der Waals surface area (Å²) in [4.78, 5) is 2.68. The van der Waals surface area contributed by atoms with E-state index in [2.05, 4.69) is 25.7 Å². The third kappa shape index (κ3) is 2.89. The number of hydrogen-bond acceptors (Lipinski definition) is 3. The summed E-state index contributed by atoms with van der Waals surface area (Å²) in [6.07, 6.45) is 5.70. The number of aliphatic hydroxyl groups is 1. The smallest absolute Gasteiger partial charge is 0.0611 e. The Labute approximate surface area is 112 Å². The van der Waals surface area contributed by atoms with E-state index in [-0.39, 0.29) is 12.1 Å². The van der Waals surface area contributed by atoms with Crippen LogP contribution in [0.15, 0.2) is 0 Å². The summed E-state index contributed by atoms with van der Waals surface area (Å²) in [5.74, 6) is 1.57. The highest BCUT2D eigenvalue weighted by atomic mass is 16.3. The molecular weight excluding hydrogens is 224 g/mol. The molecule has 2 fully saturated rings. The van der Waals surface area contributed by atoms with E-state index >= 15 is 0 Å². The maximum absolute atomic E-state index is 9.49. The molecule has 0 aromatic rings. The van der Waals surface area contributed by atoms with Gasteiger partial charge in [0.15, 0.2) is 0 Å². The van der Waals surface area contributed by atoms with Crippen LogP contribution >= 0.6 is 0 Å². The zero-order valence-electron chi connectivity index (χ0n) is 12.2. The van der Waals surface area contributed by atoms with Crippen LogP contribution in [0.4, 0.5) is 0 Å². The van der Waals surface area contributed by atoms with Gasteiger partial charge in [0.2, 0.25) is 0 Å². The summed E-state index contributed by atoms with van der Waals surface area (Å²) in [6, 6.07) is 1.24. The summed E-state index contributed by atoms with van der Waals surface area (Å²) >= 11 is 0. The minimum Gasteiger partial charge on any atom is -0.394 e. The summed E-state index contributed by atoms with van der Waals surface area (Å²) in [7, 11) is 0. The number of likely N-dealkylation sites (tertiary alicyclic amines) is 1. The quantitative estimate of drug-likeness (QED) is 0.792. The molecule has 0 radical (unpaired) electrons. The van der Waals surface area contributed by atoms with Crippen LogP contribution in [0.5, 0.6) is 0 Å². The molecule has 0 amide bonds. The van der Waals surface area contributed by atoms with E-state index in [1.165, 1.54) is 19.4 Å². The first kappa shape index (κ1) is 14.3. The van der Waals surface area contributed by atoms with E-state index in [0.717, 1.165) is 31.1 Å². The van der Waals surface area contributed by atoms with Crippen LogP contribution in [-0.4, -0.2) is 40.8 Å². The monoisotopic (exact) mass is 254 g/mol. The minimum absolute atomic E-state index is 0.136. The molecule has 1 saturated carbocycles. The molecule has 5 atom stereocenters. The second-order valence-electron chi connectivity index (χ2n) is 7.03. The third-order valence-corrected chi connectivity index (χ3v) is 5.28. The van der Waals surface area contributed by atoms with E-state index in [4.69, 9.17) is 5.73 Å². The number of aliphatic hydroxyl groups excluding tert-OH is 1. The van der Waals surface area contributed by atoms with E-state index in [1.807, 2.05) is 0 Å². The van der Waals surface area contributed by atoms with Crippen molar-refractivity contribution in [2.24, 2.45) is 17.6 Å². The Kier molecular flexibility index (Phi) is 4.35. The number of rotatable bonds is 2. The first-order valence-electron chi connectivity index (χ1n) is 7.60. The molecule has 1 aliphatic heterocycles. The topological polar surface area (TPSA) is 49.5 Å². The summed E-state index contributed by atoms with van der Waals surface area (Å²) in [5, 5.41) is 9.49. The van der Waals surface area contributed by atoms with Crippen molar-refractivity contribution in [3.8, 4) is 0 Å². The molecule has 1 saturated heterocycles. The molecule has 0 aromatic heterocycles. The predicted molar refractivity (Wildman–Crippen MR) is 75.4 cm³/mol. The van der Waals surface area contributed by atoms with Crippen LogP contribution in [-0.2, 0) is 0 Å². The van der Waals surface area contributed by atoms with Gasteiger partial charge in [-0.25, -0.2) is 0 Å². The fourth-order valence-electron chi connectivity index (χ4n) is 4.03. The highest BCUT2D eigenvalue weighted by Gasteiger charge is 2.39. The number of piperidine rings is 1. The molecule has 1 heterocycles. The van der Waals surface area contributed by atoms with Crippen LogP contribution in [0.1, 0.15) is 52.9 Å². The fourth-order valence-corrected chi connectivity index (χ4v) is 4.03. The van der Waals surface area contributed by atoms with Crippen molar-refractivity contribution in [1.82, 2.24) is 4.90 Å². The molecule has 0 spiro atoms.